The number of hydrogen-bond donors (Lipinski definition) is 2. The van der Waals surface area contributed by atoms with Gasteiger partial charge in [-0.2, -0.15) is 0 Å². The van der Waals surface area contributed by atoms with Crippen LogP contribution >= 0.6 is 11.6 Å². The van der Waals surface area contributed by atoms with E-state index in [-0.39, 0.29) is 22.8 Å². The second kappa shape index (κ2) is 7.59. The van der Waals surface area contributed by atoms with Crippen molar-refractivity contribution in [3.8, 4) is 0 Å². The van der Waals surface area contributed by atoms with Crippen LogP contribution in [0.2, 0.25) is 5.02 Å². The van der Waals surface area contributed by atoms with E-state index in [9.17, 15) is 18.0 Å². The number of benzene rings is 1. The minimum Gasteiger partial charge on any atom is -0.385 e. The summed E-state index contributed by atoms with van der Waals surface area (Å²) >= 11 is 6.44. The Kier molecular flexibility index (Phi) is 5.91. The number of anilines is 1. The number of methoxy groups -OCH3 is 1. The minimum atomic E-state index is -3.68. The van der Waals surface area contributed by atoms with Gasteiger partial charge in [0.15, 0.2) is 0 Å². The summed E-state index contributed by atoms with van der Waals surface area (Å²) in [6, 6.07) is 1.63. The third kappa shape index (κ3) is 4.05. The summed E-state index contributed by atoms with van der Waals surface area (Å²) in [6.07, 6.45) is 2.02. The normalized spacial score (nSPS) is 11.8. The molecule has 0 atom stereocenters. The van der Waals surface area contributed by atoms with Crippen molar-refractivity contribution in [1.29, 1.82) is 0 Å². The summed E-state index contributed by atoms with van der Waals surface area (Å²) in [5.41, 5.74) is -0.376. The Morgan fingerprint density at radius 3 is 2.44 bits per heavy atom. The Balaban J connectivity index is 2.83. The maximum Gasteiger partial charge on any atom is 0.314 e. The molecular weight excluding hydrogens is 370 g/mol. The Morgan fingerprint density at radius 2 is 1.88 bits per heavy atom. The molecule has 0 bridgehead atoms. The molecular formula is C15H20ClN3O5S. The van der Waals surface area contributed by atoms with Gasteiger partial charge in [-0.3, -0.25) is 13.9 Å². The average Bonchev–Trinajstić information content (AvgIpc) is 2.53. The summed E-state index contributed by atoms with van der Waals surface area (Å²) in [4.78, 5) is 28.3. The van der Waals surface area contributed by atoms with Crippen molar-refractivity contribution >= 4 is 38.3 Å². The van der Waals surface area contributed by atoms with Crippen LogP contribution in [0.1, 0.15) is 18.9 Å². The maximum absolute atomic E-state index is 12.3. The molecule has 25 heavy (non-hydrogen) atoms. The van der Waals surface area contributed by atoms with Gasteiger partial charge in [0.05, 0.1) is 28.0 Å². The van der Waals surface area contributed by atoms with Crippen molar-refractivity contribution in [2.24, 2.45) is 0 Å². The number of nitrogens with one attached hydrogen (secondary N) is 2. The predicted molar refractivity (Wildman–Crippen MR) is 98.3 cm³/mol. The first-order valence-corrected chi connectivity index (χ1v) is 9.87. The number of H-pyrrole nitrogens is 2. The van der Waals surface area contributed by atoms with Gasteiger partial charge in [0.25, 0.3) is 0 Å². The molecule has 8 nitrogen and oxygen atoms in total. The highest BCUT2D eigenvalue weighted by Crippen LogP contribution is 2.36. The van der Waals surface area contributed by atoms with E-state index in [0.29, 0.717) is 30.5 Å². The highest BCUT2D eigenvalue weighted by atomic mass is 35.5. The Bertz CT molecular complexity index is 997. The van der Waals surface area contributed by atoms with E-state index in [0.717, 1.165) is 10.6 Å². The van der Waals surface area contributed by atoms with E-state index in [4.69, 9.17) is 16.3 Å². The SMILES string of the molecule is CCc1cc2[nH]c(=O)c(=O)[nH]c2c(N(CCCOC)S(C)(=O)=O)c1Cl. The molecule has 1 aromatic carbocycles. The summed E-state index contributed by atoms with van der Waals surface area (Å²) in [6.45, 7) is 2.34. The van der Waals surface area contributed by atoms with Crippen LogP contribution in [-0.4, -0.2) is 44.9 Å². The molecule has 0 saturated carbocycles. The molecule has 0 unspecified atom stereocenters. The second-order valence-electron chi connectivity index (χ2n) is 5.56. The lowest BCUT2D eigenvalue weighted by atomic mass is 10.1. The highest BCUT2D eigenvalue weighted by Gasteiger charge is 2.25. The van der Waals surface area contributed by atoms with E-state index in [1.54, 1.807) is 6.07 Å². The molecule has 0 aliphatic heterocycles. The van der Waals surface area contributed by atoms with E-state index in [1.165, 1.54) is 7.11 Å². The lowest BCUT2D eigenvalue weighted by Crippen LogP contribution is -2.34. The lowest BCUT2D eigenvalue weighted by molar-refractivity contribution is 0.197. The summed E-state index contributed by atoms with van der Waals surface area (Å²) in [5, 5.41) is 0.223. The van der Waals surface area contributed by atoms with Crippen molar-refractivity contribution in [1.82, 2.24) is 9.97 Å². The molecule has 10 heteroatoms. The van der Waals surface area contributed by atoms with Crippen molar-refractivity contribution < 1.29 is 13.2 Å². The summed E-state index contributed by atoms with van der Waals surface area (Å²) < 4.78 is 30.8. The monoisotopic (exact) mass is 389 g/mol. The van der Waals surface area contributed by atoms with E-state index in [2.05, 4.69) is 9.97 Å². The molecule has 138 valence electrons. The van der Waals surface area contributed by atoms with Crippen LogP contribution in [0.5, 0.6) is 0 Å². The maximum atomic E-state index is 12.3. The number of ether oxygens (including phenoxy) is 1. The number of nitrogens with zero attached hydrogens (tertiary/aromatic N) is 1. The predicted octanol–water partition coefficient (Wildman–Crippen LogP) is 1.23. The Labute approximate surface area is 149 Å². The molecule has 1 heterocycles. The molecule has 0 aliphatic carbocycles. The number of halogens is 1. The summed E-state index contributed by atoms with van der Waals surface area (Å²) in [7, 11) is -2.16. The molecule has 0 saturated heterocycles. The number of hydrogen-bond acceptors (Lipinski definition) is 5. The Hall–Kier alpha value is -1.84. The van der Waals surface area contributed by atoms with Crippen LogP contribution in [0.4, 0.5) is 5.69 Å². The first kappa shape index (κ1) is 19.5. The average molecular weight is 390 g/mol. The second-order valence-corrected chi connectivity index (χ2v) is 7.85. The van der Waals surface area contributed by atoms with Crippen LogP contribution < -0.4 is 15.4 Å². The smallest absolute Gasteiger partial charge is 0.314 e. The topological polar surface area (TPSA) is 112 Å². The van der Waals surface area contributed by atoms with Gasteiger partial charge in [0.2, 0.25) is 10.0 Å². The molecule has 0 fully saturated rings. The van der Waals surface area contributed by atoms with Crippen molar-refractivity contribution in [2.45, 2.75) is 19.8 Å². The summed E-state index contributed by atoms with van der Waals surface area (Å²) in [5.74, 6) is 0. The number of aromatic amines is 2. The number of sulfonamides is 1. The number of aromatic nitrogens is 2. The molecule has 1 aromatic heterocycles. The molecule has 2 aromatic rings. The minimum absolute atomic E-state index is 0.121. The van der Waals surface area contributed by atoms with Gasteiger partial charge >= 0.3 is 11.1 Å². The lowest BCUT2D eigenvalue weighted by Gasteiger charge is -2.25. The standard InChI is InChI=1S/C15H20ClN3O5S/c1-4-9-8-10-12(18-15(21)14(20)17-10)13(11(9)16)19(25(3,22)23)6-5-7-24-2/h8H,4-7H2,1-3H3,(H,17,20)(H,18,21). The molecule has 0 aliphatic rings. The van der Waals surface area contributed by atoms with Crippen LogP contribution in [0.25, 0.3) is 11.0 Å². The van der Waals surface area contributed by atoms with Gasteiger partial charge in [-0.05, 0) is 24.5 Å². The van der Waals surface area contributed by atoms with E-state index in [1.807, 2.05) is 6.92 Å². The van der Waals surface area contributed by atoms with Gasteiger partial charge in [-0.1, -0.05) is 18.5 Å². The van der Waals surface area contributed by atoms with Crippen molar-refractivity contribution in [3.63, 3.8) is 0 Å². The quantitative estimate of drug-likeness (QED) is 0.546. The molecule has 0 radical (unpaired) electrons. The molecule has 0 amide bonds. The van der Waals surface area contributed by atoms with Crippen LogP contribution in [0.3, 0.4) is 0 Å². The largest absolute Gasteiger partial charge is 0.385 e. The highest BCUT2D eigenvalue weighted by molar-refractivity contribution is 7.92. The first-order chi connectivity index (χ1) is 11.7. The van der Waals surface area contributed by atoms with Crippen LogP contribution in [-0.2, 0) is 21.2 Å². The fourth-order valence-electron chi connectivity index (χ4n) is 2.56. The van der Waals surface area contributed by atoms with E-state index >= 15 is 0 Å². The third-order valence-corrected chi connectivity index (χ3v) is 5.34. The number of fused-ring (bicyclic) bond motifs is 1. The fraction of sp³-hybridized carbons (Fsp3) is 0.467. The number of aryl methyl sites for hydroxylation is 1. The fourth-order valence-corrected chi connectivity index (χ4v) is 3.97. The van der Waals surface area contributed by atoms with Gasteiger partial charge in [0, 0.05) is 20.3 Å². The van der Waals surface area contributed by atoms with E-state index < -0.39 is 21.1 Å². The third-order valence-electron chi connectivity index (χ3n) is 3.75. The van der Waals surface area contributed by atoms with Gasteiger partial charge in [-0.25, -0.2) is 8.42 Å². The van der Waals surface area contributed by atoms with Gasteiger partial charge in [0.1, 0.15) is 0 Å². The molecule has 0 spiro atoms. The first-order valence-electron chi connectivity index (χ1n) is 7.65. The Morgan fingerprint density at radius 1 is 1.24 bits per heavy atom. The zero-order valence-electron chi connectivity index (χ0n) is 14.2. The van der Waals surface area contributed by atoms with Crippen LogP contribution in [0.15, 0.2) is 15.7 Å². The van der Waals surface area contributed by atoms with Crippen molar-refractivity contribution in [2.75, 3.05) is 30.8 Å². The van der Waals surface area contributed by atoms with Gasteiger partial charge in [-0.15, -0.1) is 0 Å². The molecule has 2 rings (SSSR count). The van der Waals surface area contributed by atoms with Crippen molar-refractivity contribution in [3.05, 3.63) is 37.4 Å². The van der Waals surface area contributed by atoms with Crippen LogP contribution in [0, 0.1) is 0 Å². The van der Waals surface area contributed by atoms with Gasteiger partial charge < -0.3 is 14.7 Å². The number of rotatable bonds is 7. The molecule has 2 N–H and O–H groups in total. The zero-order chi connectivity index (χ0) is 18.8. The zero-order valence-corrected chi connectivity index (χ0v) is 15.8.